The molecule has 3 nitrogen and oxygen atoms in total. The van der Waals surface area contributed by atoms with Crippen molar-refractivity contribution in [1.29, 1.82) is 5.26 Å². The zero-order valence-corrected chi connectivity index (χ0v) is 10.2. The number of hydrogen-bond acceptors (Lipinski definition) is 3. The van der Waals surface area contributed by atoms with E-state index < -0.39 is 0 Å². The van der Waals surface area contributed by atoms with Crippen molar-refractivity contribution in [2.24, 2.45) is 5.41 Å². The molecule has 0 amide bonds. The van der Waals surface area contributed by atoms with Crippen LogP contribution in [0.1, 0.15) is 18.4 Å². The molecule has 82 valence electrons. The fourth-order valence-corrected chi connectivity index (χ4v) is 2.40. The highest BCUT2D eigenvalue weighted by Crippen LogP contribution is 2.50. The third-order valence-corrected chi connectivity index (χ3v) is 3.74. The van der Waals surface area contributed by atoms with Gasteiger partial charge in [0.05, 0.1) is 29.3 Å². The van der Waals surface area contributed by atoms with E-state index >= 15 is 0 Å². The van der Waals surface area contributed by atoms with Gasteiger partial charge in [0, 0.05) is 11.5 Å². The van der Waals surface area contributed by atoms with Gasteiger partial charge < -0.3 is 9.47 Å². The van der Waals surface area contributed by atoms with Gasteiger partial charge in [-0.2, -0.15) is 5.26 Å². The maximum atomic E-state index is 8.88. The molecule has 4 heteroatoms. The maximum absolute atomic E-state index is 8.88. The van der Waals surface area contributed by atoms with E-state index in [1.807, 2.05) is 0 Å². The van der Waals surface area contributed by atoms with Crippen molar-refractivity contribution in [1.82, 2.24) is 0 Å². The zero-order valence-electron chi connectivity index (χ0n) is 8.62. The SMILES string of the molecule is N#Cc1cc(Br)c2c(c1)OCC1(CC1)CO2. The van der Waals surface area contributed by atoms with E-state index in [9.17, 15) is 0 Å². The summed E-state index contributed by atoms with van der Waals surface area (Å²) in [6.07, 6.45) is 2.34. The fraction of sp³-hybridized carbons (Fsp3) is 0.417. The summed E-state index contributed by atoms with van der Waals surface area (Å²) in [6, 6.07) is 5.60. The standard InChI is InChI=1S/C12H10BrNO2/c13-9-3-8(5-14)4-10-11(9)16-7-12(1-2-12)6-15-10/h3-4H,1-2,6-7H2. The van der Waals surface area contributed by atoms with E-state index in [0.29, 0.717) is 24.5 Å². The molecule has 16 heavy (non-hydrogen) atoms. The highest BCUT2D eigenvalue weighted by atomic mass is 79.9. The van der Waals surface area contributed by atoms with Gasteiger partial charge in [0.15, 0.2) is 11.5 Å². The molecule has 2 aliphatic rings. The molecule has 0 saturated heterocycles. The van der Waals surface area contributed by atoms with Crippen LogP contribution in [-0.2, 0) is 0 Å². The third-order valence-electron chi connectivity index (χ3n) is 3.15. The molecule has 1 heterocycles. The minimum absolute atomic E-state index is 0.227. The van der Waals surface area contributed by atoms with Gasteiger partial charge in [-0.25, -0.2) is 0 Å². The molecule has 0 aromatic heterocycles. The Bertz CT molecular complexity index is 489. The van der Waals surface area contributed by atoms with Gasteiger partial charge in [0.1, 0.15) is 0 Å². The van der Waals surface area contributed by atoms with E-state index in [4.69, 9.17) is 14.7 Å². The molecule has 1 aromatic rings. The van der Waals surface area contributed by atoms with Gasteiger partial charge in [-0.3, -0.25) is 0 Å². The summed E-state index contributed by atoms with van der Waals surface area (Å²) in [5, 5.41) is 8.88. The number of fused-ring (bicyclic) bond motifs is 1. The van der Waals surface area contributed by atoms with Crippen LogP contribution in [0.5, 0.6) is 11.5 Å². The normalized spacial score (nSPS) is 20.0. The summed E-state index contributed by atoms with van der Waals surface area (Å²) in [7, 11) is 0. The Balaban J connectivity index is 2.01. The van der Waals surface area contributed by atoms with Crippen LogP contribution in [-0.4, -0.2) is 13.2 Å². The first-order chi connectivity index (χ1) is 7.72. The van der Waals surface area contributed by atoms with Gasteiger partial charge in [0.2, 0.25) is 0 Å². The molecular weight excluding hydrogens is 270 g/mol. The second-order valence-electron chi connectivity index (χ2n) is 4.47. The van der Waals surface area contributed by atoms with Crippen LogP contribution in [0.3, 0.4) is 0 Å². The van der Waals surface area contributed by atoms with Crippen LogP contribution in [0.2, 0.25) is 0 Å². The summed E-state index contributed by atoms with van der Waals surface area (Å²) in [4.78, 5) is 0. The Hall–Kier alpha value is -1.21. The van der Waals surface area contributed by atoms with Crippen LogP contribution in [0.25, 0.3) is 0 Å². The van der Waals surface area contributed by atoms with Crippen molar-refractivity contribution < 1.29 is 9.47 Å². The third kappa shape index (κ3) is 1.56. The summed E-state index contributed by atoms with van der Waals surface area (Å²) < 4.78 is 12.3. The quantitative estimate of drug-likeness (QED) is 0.733. The largest absolute Gasteiger partial charge is 0.489 e. The highest BCUT2D eigenvalue weighted by molar-refractivity contribution is 9.10. The first-order valence-corrected chi connectivity index (χ1v) is 6.01. The molecule has 0 radical (unpaired) electrons. The van der Waals surface area contributed by atoms with E-state index in [2.05, 4.69) is 22.0 Å². The summed E-state index contributed by atoms with van der Waals surface area (Å²) in [5.41, 5.74) is 0.812. The Morgan fingerprint density at radius 2 is 2.00 bits per heavy atom. The number of halogens is 1. The average molecular weight is 280 g/mol. The van der Waals surface area contributed by atoms with Gasteiger partial charge in [-0.05, 0) is 34.8 Å². The number of rotatable bonds is 0. The lowest BCUT2D eigenvalue weighted by atomic mass is 10.1. The molecule has 0 bridgehead atoms. The zero-order chi connectivity index (χ0) is 11.2. The van der Waals surface area contributed by atoms with Crippen LogP contribution < -0.4 is 9.47 Å². The summed E-state index contributed by atoms with van der Waals surface area (Å²) in [6.45, 7) is 1.41. The maximum Gasteiger partial charge on any atom is 0.175 e. The van der Waals surface area contributed by atoms with Crippen molar-refractivity contribution in [2.75, 3.05) is 13.2 Å². The summed E-state index contributed by atoms with van der Waals surface area (Å²) in [5.74, 6) is 1.40. The molecule has 3 rings (SSSR count). The van der Waals surface area contributed by atoms with Crippen LogP contribution >= 0.6 is 15.9 Å². The Labute approximate surface area is 102 Å². The van der Waals surface area contributed by atoms with Gasteiger partial charge >= 0.3 is 0 Å². The lowest BCUT2D eigenvalue weighted by molar-refractivity contribution is 0.196. The Kier molecular flexibility index (Phi) is 2.11. The molecular formula is C12H10BrNO2. The number of nitrogens with zero attached hydrogens (tertiary/aromatic N) is 1. The minimum Gasteiger partial charge on any atom is -0.489 e. The molecule has 1 aliphatic heterocycles. The highest BCUT2D eigenvalue weighted by Gasteiger charge is 2.46. The van der Waals surface area contributed by atoms with Gasteiger partial charge in [0.25, 0.3) is 0 Å². The number of nitriles is 1. The van der Waals surface area contributed by atoms with E-state index in [1.165, 1.54) is 12.8 Å². The molecule has 1 aliphatic carbocycles. The van der Waals surface area contributed by atoms with Gasteiger partial charge in [-0.15, -0.1) is 0 Å². The van der Waals surface area contributed by atoms with Gasteiger partial charge in [-0.1, -0.05) is 0 Å². The smallest absolute Gasteiger partial charge is 0.175 e. The predicted molar refractivity (Wildman–Crippen MR) is 61.5 cm³/mol. The molecule has 1 spiro atoms. The van der Waals surface area contributed by atoms with E-state index in [-0.39, 0.29) is 5.41 Å². The van der Waals surface area contributed by atoms with Crippen molar-refractivity contribution in [3.8, 4) is 17.6 Å². The molecule has 0 N–H and O–H groups in total. The van der Waals surface area contributed by atoms with Crippen molar-refractivity contribution >= 4 is 15.9 Å². The molecule has 1 fully saturated rings. The first kappa shape index (κ1) is 9.98. The van der Waals surface area contributed by atoms with Crippen molar-refractivity contribution in [2.45, 2.75) is 12.8 Å². The molecule has 0 atom stereocenters. The van der Waals surface area contributed by atoms with E-state index in [0.717, 1.165) is 10.2 Å². The van der Waals surface area contributed by atoms with E-state index in [1.54, 1.807) is 12.1 Å². The topological polar surface area (TPSA) is 42.2 Å². The summed E-state index contributed by atoms with van der Waals surface area (Å²) >= 11 is 3.41. The molecule has 1 aromatic carbocycles. The molecule has 1 saturated carbocycles. The monoisotopic (exact) mass is 279 g/mol. The second-order valence-corrected chi connectivity index (χ2v) is 5.33. The number of benzene rings is 1. The minimum atomic E-state index is 0.227. The predicted octanol–water partition coefficient (Wildman–Crippen LogP) is 2.87. The lowest BCUT2D eigenvalue weighted by Gasteiger charge is -2.09. The van der Waals surface area contributed by atoms with Crippen LogP contribution in [0, 0.1) is 16.7 Å². The Morgan fingerprint density at radius 1 is 1.25 bits per heavy atom. The first-order valence-electron chi connectivity index (χ1n) is 5.22. The van der Waals surface area contributed by atoms with Crippen molar-refractivity contribution in [3.05, 3.63) is 22.2 Å². The average Bonchev–Trinajstić information content (AvgIpc) is 3.07. The lowest BCUT2D eigenvalue weighted by Crippen LogP contribution is -2.17. The second kappa shape index (κ2) is 3.39. The molecule has 0 unspecified atom stereocenters. The van der Waals surface area contributed by atoms with Crippen molar-refractivity contribution in [3.63, 3.8) is 0 Å². The Morgan fingerprint density at radius 3 is 2.69 bits per heavy atom. The van der Waals surface area contributed by atoms with Crippen LogP contribution in [0.15, 0.2) is 16.6 Å². The number of hydrogen-bond donors (Lipinski definition) is 0. The fourth-order valence-electron chi connectivity index (χ4n) is 1.84. The van der Waals surface area contributed by atoms with Crippen LogP contribution in [0.4, 0.5) is 0 Å². The number of ether oxygens (including phenoxy) is 2.